The van der Waals surface area contributed by atoms with Gasteiger partial charge in [0.25, 0.3) is 0 Å². The van der Waals surface area contributed by atoms with E-state index in [1.807, 2.05) is 45.0 Å². The molecule has 6 nitrogen and oxygen atoms in total. The normalized spacial score (nSPS) is 39.7. The van der Waals surface area contributed by atoms with Crippen LogP contribution in [-0.4, -0.2) is 71.5 Å². The second-order valence-corrected chi connectivity index (χ2v) is 17.9. The largest absolute Gasteiger partial charge is 0.456 e. The summed E-state index contributed by atoms with van der Waals surface area (Å²) in [6, 6.07) is 7.75. The second kappa shape index (κ2) is 10.9. The van der Waals surface area contributed by atoms with Crippen molar-refractivity contribution in [3.8, 4) is 0 Å². The molecule has 274 valence electrons. The molecule has 0 radical (unpaired) electrons. The minimum Gasteiger partial charge on any atom is -0.385 e. The molecule has 1 spiro atoms. The first-order chi connectivity index (χ1) is 22.5. The maximum absolute atomic E-state index is 15.5. The van der Waals surface area contributed by atoms with E-state index in [-0.39, 0.29) is 30.6 Å². The van der Waals surface area contributed by atoms with E-state index in [9.17, 15) is 23.4 Å². The third-order valence-corrected chi connectivity index (χ3v) is 13.4. The SMILES string of the molecule is CC1(C)COC2(CCC3=C4C(CCC3(O)C2)C2CC[C@@](O)(C(F)(F)C(F)(F)F)[C@@]2(C)C[C@@H]4c2ccc(C3(C)COC(C)(C)OC3)cc2)OC1. The average molecular weight is 699 g/mol. The highest BCUT2D eigenvalue weighted by Gasteiger charge is 2.79. The molecule has 2 heterocycles. The summed E-state index contributed by atoms with van der Waals surface area (Å²) in [5.74, 6) is -8.47. The summed E-state index contributed by atoms with van der Waals surface area (Å²) < 4.78 is 97.5. The van der Waals surface area contributed by atoms with Crippen LogP contribution in [0.4, 0.5) is 22.0 Å². The first-order valence-corrected chi connectivity index (χ1v) is 17.8. The Bertz CT molecular complexity index is 1480. The first kappa shape index (κ1) is 35.8. The van der Waals surface area contributed by atoms with Crippen LogP contribution in [0.3, 0.4) is 0 Å². The molecule has 0 bridgehead atoms. The number of hydrogen-bond acceptors (Lipinski definition) is 6. The van der Waals surface area contributed by atoms with Crippen molar-refractivity contribution < 1.29 is 51.1 Å². The maximum Gasteiger partial charge on any atom is 0.456 e. The zero-order valence-corrected chi connectivity index (χ0v) is 29.4. The summed E-state index contributed by atoms with van der Waals surface area (Å²) in [7, 11) is 0. The number of halogens is 5. The van der Waals surface area contributed by atoms with E-state index in [1.165, 1.54) is 6.92 Å². The van der Waals surface area contributed by atoms with Crippen LogP contribution in [0.15, 0.2) is 35.4 Å². The van der Waals surface area contributed by atoms with Crippen molar-refractivity contribution in [1.29, 1.82) is 0 Å². The molecule has 2 N–H and O–H groups in total. The van der Waals surface area contributed by atoms with Crippen LogP contribution in [0.1, 0.15) is 110 Å². The Morgan fingerprint density at radius 3 is 1.96 bits per heavy atom. The number of allylic oxidation sites excluding steroid dienone is 1. The Morgan fingerprint density at radius 2 is 1.37 bits per heavy atom. The number of ether oxygens (including phenoxy) is 4. The molecule has 6 atom stereocenters. The smallest absolute Gasteiger partial charge is 0.385 e. The van der Waals surface area contributed by atoms with Crippen molar-refractivity contribution >= 4 is 0 Å². The summed E-state index contributed by atoms with van der Waals surface area (Å²) >= 11 is 0. The summed E-state index contributed by atoms with van der Waals surface area (Å²) in [6.07, 6.45) is -4.68. The van der Waals surface area contributed by atoms with Gasteiger partial charge in [-0.05, 0) is 80.9 Å². The summed E-state index contributed by atoms with van der Waals surface area (Å²) in [6.45, 7) is 13.2. The molecule has 1 aromatic carbocycles. The zero-order chi connectivity index (χ0) is 35.7. The Balaban J connectivity index is 1.30. The molecule has 6 aliphatic rings. The molecule has 2 saturated heterocycles. The van der Waals surface area contributed by atoms with Crippen molar-refractivity contribution in [1.82, 2.24) is 0 Å². The number of rotatable bonds is 3. The monoisotopic (exact) mass is 698 g/mol. The lowest BCUT2D eigenvalue weighted by Crippen LogP contribution is -2.65. The molecule has 0 amide bonds. The van der Waals surface area contributed by atoms with Gasteiger partial charge < -0.3 is 29.2 Å². The molecule has 0 aromatic heterocycles. The molecule has 2 aliphatic heterocycles. The van der Waals surface area contributed by atoms with Gasteiger partial charge in [-0.25, -0.2) is 0 Å². The lowest BCUT2D eigenvalue weighted by atomic mass is 9.49. The van der Waals surface area contributed by atoms with Gasteiger partial charge >= 0.3 is 12.1 Å². The van der Waals surface area contributed by atoms with Crippen LogP contribution in [0.2, 0.25) is 0 Å². The van der Waals surface area contributed by atoms with Crippen molar-refractivity contribution in [2.45, 2.75) is 139 Å². The average Bonchev–Trinajstić information content (AvgIpc) is 3.30. The van der Waals surface area contributed by atoms with Gasteiger partial charge in [0, 0.05) is 35.0 Å². The van der Waals surface area contributed by atoms with Crippen molar-refractivity contribution in [2.75, 3.05) is 26.4 Å². The van der Waals surface area contributed by atoms with Crippen LogP contribution >= 0.6 is 0 Å². The predicted molar refractivity (Wildman–Crippen MR) is 171 cm³/mol. The standard InChI is InChI=1S/C38H51F5O6/c1-30(2)19-48-35(49-20-30)15-12-28-29-25(11-14-34(28,44)18-35)27-13-16-36(45,37(39,40)38(41,42)43)33(27,6)17-26(29)23-7-9-24(10-8-23)32(5)21-46-31(3,4)47-22-32/h7-10,25-27,44-45H,11-22H2,1-6H3/t25?,26-,27?,33+,34?,36+/m1/s1. The molecule has 49 heavy (non-hydrogen) atoms. The van der Waals surface area contributed by atoms with Crippen molar-refractivity contribution in [3.05, 3.63) is 46.5 Å². The Kier molecular flexibility index (Phi) is 7.99. The topological polar surface area (TPSA) is 77.4 Å². The van der Waals surface area contributed by atoms with Crippen LogP contribution in [-0.2, 0) is 24.4 Å². The first-order valence-electron chi connectivity index (χ1n) is 17.8. The fourth-order valence-electron chi connectivity index (χ4n) is 10.3. The fourth-order valence-corrected chi connectivity index (χ4v) is 10.3. The number of hydrogen-bond donors (Lipinski definition) is 2. The predicted octanol–water partition coefficient (Wildman–Crippen LogP) is 7.95. The summed E-state index contributed by atoms with van der Waals surface area (Å²) in [5.41, 5.74) is -3.38. The van der Waals surface area contributed by atoms with Gasteiger partial charge in [0.05, 0.1) is 32.0 Å². The van der Waals surface area contributed by atoms with Crippen LogP contribution < -0.4 is 0 Å². The maximum atomic E-state index is 15.5. The van der Waals surface area contributed by atoms with Gasteiger partial charge in [0.1, 0.15) is 5.60 Å². The highest BCUT2D eigenvalue weighted by atomic mass is 19.4. The molecule has 11 heteroatoms. The van der Waals surface area contributed by atoms with E-state index in [1.54, 1.807) is 0 Å². The Labute approximate surface area is 285 Å². The molecule has 7 rings (SSSR count). The lowest BCUT2D eigenvalue weighted by Gasteiger charge is -2.59. The molecule has 3 saturated carbocycles. The molecule has 4 aliphatic carbocycles. The molecule has 1 aromatic rings. The number of fused-ring (bicyclic) bond motifs is 4. The van der Waals surface area contributed by atoms with E-state index in [4.69, 9.17) is 18.9 Å². The van der Waals surface area contributed by atoms with Gasteiger partial charge in [0.15, 0.2) is 11.6 Å². The van der Waals surface area contributed by atoms with Crippen molar-refractivity contribution in [3.63, 3.8) is 0 Å². The van der Waals surface area contributed by atoms with Gasteiger partial charge in [-0.3, -0.25) is 0 Å². The zero-order valence-electron chi connectivity index (χ0n) is 29.4. The third kappa shape index (κ3) is 5.37. The van der Waals surface area contributed by atoms with Crippen LogP contribution in [0.25, 0.3) is 0 Å². The van der Waals surface area contributed by atoms with Gasteiger partial charge in [-0.1, -0.05) is 57.5 Å². The molecular weight excluding hydrogens is 647 g/mol. The van der Waals surface area contributed by atoms with Crippen LogP contribution in [0, 0.1) is 22.7 Å². The van der Waals surface area contributed by atoms with E-state index in [2.05, 4.69) is 13.8 Å². The van der Waals surface area contributed by atoms with E-state index in [0.717, 1.165) is 22.3 Å². The summed E-state index contributed by atoms with van der Waals surface area (Å²) in [5, 5.41) is 24.1. The Hall–Kier alpha value is -1.63. The fraction of sp³-hybridized carbons (Fsp3) is 0.789. The number of alkyl halides is 5. The lowest BCUT2D eigenvalue weighted by molar-refractivity contribution is -0.362. The molecule has 3 unspecified atom stereocenters. The molecule has 5 fully saturated rings. The summed E-state index contributed by atoms with van der Waals surface area (Å²) in [4.78, 5) is 0. The minimum atomic E-state index is -5.90. The van der Waals surface area contributed by atoms with Crippen molar-refractivity contribution in [2.24, 2.45) is 22.7 Å². The van der Waals surface area contributed by atoms with Gasteiger partial charge in [-0.2, -0.15) is 22.0 Å². The van der Waals surface area contributed by atoms with E-state index in [0.29, 0.717) is 52.1 Å². The quantitative estimate of drug-likeness (QED) is 0.247. The molecular formula is C38H51F5O6. The highest BCUT2D eigenvalue weighted by molar-refractivity contribution is 5.45. The van der Waals surface area contributed by atoms with Crippen LogP contribution in [0.5, 0.6) is 0 Å². The van der Waals surface area contributed by atoms with E-state index >= 15 is 8.78 Å². The van der Waals surface area contributed by atoms with Gasteiger partial charge in [0.2, 0.25) is 0 Å². The minimum absolute atomic E-state index is 0.0458. The highest BCUT2D eigenvalue weighted by Crippen LogP contribution is 2.71. The second-order valence-electron chi connectivity index (χ2n) is 17.9. The Morgan fingerprint density at radius 1 is 0.755 bits per heavy atom. The van der Waals surface area contributed by atoms with Gasteiger partial charge in [-0.15, -0.1) is 0 Å². The van der Waals surface area contributed by atoms with E-state index < -0.39 is 64.0 Å². The number of benzene rings is 1. The third-order valence-electron chi connectivity index (χ3n) is 13.4. The number of aliphatic hydroxyl groups is 2.